The summed E-state index contributed by atoms with van der Waals surface area (Å²) in [5, 5.41) is 13.5. The molecule has 2 aromatic carbocycles. The average Bonchev–Trinajstić information content (AvgIpc) is 3.06. The monoisotopic (exact) mass is 449 g/mol. The molecule has 2 amide bonds. The Hall–Kier alpha value is -3.34. The van der Waals surface area contributed by atoms with E-state index in [1.54, 1.807) is 35.9 Å². The van der Waals surface area contributed by atoms with E-state index >= 15 is 0 Å². The van der Waals surface area contributed by atoms with Gasteiger partial charge in [-0.2, -0.15) is 13.2 Å². The second kappa shape index (κ2) is 9.65. The number of para-hydroxylation sites is 1. The molecule has 0 fully saturated rings. The smallest absolute Gasteiger partial charge is 0.326 e. The van der Waals surface area contributed by atoms with Crippen molar-refractivity contribution in [2.24, 2.45) is 7.05 Å². The zero-order chi connectivity index (χ0) is 22.4. The van der Waals surface area contributed by atoms with Gasteiger partial charge in [0.05, 0.1) is 17.7 Å². The number of thioether (sulfide) groups is 1. The predicted octanol–water partition coefficient (Wildman–Crippen LogP) is 3.75. The highest BCUT2D eigenvalue weighted by molar-refractivity contribution is 7.99. The minimum atomic E-state index is -4.49. The highest BCUT2D eigenvalue weighted by Crippen LogP contribution is 2.30. The zero-order valence-electron chi connectivity index (χ0n) is 16.3. The number of amides is 2. The molecule has 31 heavy (non-hydrogen) atoms. The Bertz CT molecular complexity index is 1070. The van der Waals surface area contributed by atoms with Crippen LogP contribution in [-0.2, 0) is 29.2 Å². The van der Waals surface area contributed by atoms with E-state index in [-0.39, 0.29) is 23.8 Å². The van der Waals surface area contributed by atoms with Crippen LogP contribution >= 0.6 is 11.8 Å². The molecule has 3 aromatic rings. The Morgan fingerprint density at radius 3 is 2.35 bits per heavy atom. The molecule has 0 radical (unpaired) electrons. The number of carbonyl (C=O) groups is 2. The number of nitrogens with zero attached hydrogens (tertiary/aromatic N) is 3. The van der Waals surface area contributed by atoms with Crippen LogP contribution in [0, 0.1) is 0 Å². The van der Waals surface area contributed by atoms with Crippen molar-refractivity contribution in [3.63, 3.8) is 0 Å². The van der Waals surface area contributed by atoms with Gasteiger partial charge in [0.1, 0.15) is 5.82 Å². The molecule has 162 valence electrons. The standard InChI is InChI=1S/C20H18F3N5O2S/c1-28-16(11-17(29)24-14-7-3-2-4-8-14)26-27-19(28)31-12-18(30)25-15-9-5-6-13(10-15)20(21,22)23/h2-10H,11-12H2,1H3,(H,24,29)(H,25,30). The molecule has 0 saturated heterocycles. The quantitative estimate of drug-likeness (QED) is 0.537. The number of halogens is 3. The normalized spacial score (nSPS) is 11.2. The number of rotatable bonds is 7. The summed E-state index contributed by atoms with van der Waals surface area (Å²) in [6, 6.07) is 13.4. The van der Waals surface area contributed by atoms with Crippen LogP contribution in [0.3, 0.4) is 0 Å². The van der Waals surface area contributed by atoms with Crippen LogP contribution in [0.15, 0.2) is 59.8 Å². The Kier molecular flexibility index (Phi) is 6.95. The molecule has 0 bridgehead atoms. The number of hydrogen-bond acceptors (Lipinski definition) is 5. The number of alkyl halides is 3. The van der Waals surface area contributed by atoms with Gasteiger partial charge in [-0.25, -0.2) is 0 Å². The van der Waals surface area contributed by atoms with E-state index in [9.17, 15) is 22.8 Å². The summed E-state index contributed by atoms with van der Waals surface area (Å²) in [5.74, 6) is -0.427. The summed E-state index contributed by atoms with van der Waals surface area (Å²) in [7, 11) is 1.66. The van der Waals surface area contributed by atoms with Crippen LogP contribution in [0.2, 0.25) is 0 Å². The highest BCUT2D eigenvalue weighted by atomic mass is 32.2. The van der Waals surface area contributed by atoms with Gasteiger partial charge in [0.2, 0.25) is 11.8 Å². The number of hydrogen-bond donors (Lipinski definition) is 2. The van der Waals surface area contributed by atoms with E-state index in [1.807, 2.05) is 6.07 Å². The molecule has 0 spiro atoms. The van der Waals surface area contributed by atoms with Crippen LogP contribution < -0.4 is 10.6 Å². The first-order valence-corrected chi connectivity index (χ1v) is 10.0. The first-order chi connectivity index (χ1) is 14.7. The summed E-state index contributed by atoms with van der Waals surface area (Å²) in [6.07, 6.45) is -4.49. The largest absolute Gasteiger partial charge is 0.416 e. The maximum Gasteiger partial charge on any atom is 0.416 e. The Labute approximate surface area is 180 Å². The molecule has 0 aliphatic heterocycles. The molecule has 0 aliphatic carbocycles. The molecule has 0 atom stereocenters. The van der Waals surface area contributed by atoms with Crippen molar-refractivity contribution in [3.05, 3.63) is 66.0 Å². The number of anilines is 2. The number of benzene rings is 2. The lowest BCUT2D eigenvalue weighted by atomic mass is 10.2. The van der Waals surface area contributed by atoms with Crippen molar-refractivity contribution >= 4 is 35.0 Å². The fourth-order valence-corrected chi connectivity index (χ4v) is 3.33. The topological polar surface area (TPSA) is 88.9 Å². The van der Waals surface area contributed by atoms with Gasteiger partial charge in [0.25, 0.3) is 0 Å². The van der Waals surface area contributed by atoms with Crippen molar-refractivity contribution in [1.82, 2.24) is 14.8 Å². The lowest BCUT2D eigenvalue weighted by Crippen LogP contribution is -2.17. The fourth-order valence-electron chi connectivity index (χ4n) is 2.60. The van der Waals surface area contributed by atoms with Gasteiger partial charge in [-0.1, -0.05) is 36.0 Å². The van der Waals surface area contributed by atoms with Gasteiger partial charge in [-0.3, -0.25) is 9.59 Å². The van der Waals surface area contributed by atoms with Gasteiger partial charge in [-0.15, -0.1) is 10.2 Å². The van der Waals surface area contributed by atoms with Crippen LogP contribution in [0.1, 0.15) is 11.4 Å². The van der Waals surface area contributed by atoms with E-state index in [0.717, 1.165) is 23.9 Å². The minimum absolute atomic E-state index is 0.00458. The van der Waals surface area contributed by atoms with E-state index in [1.165, 1.54) is 12.1 Å². The molecular weight excluding hydrogens is 431 g/mol. The SMILES string of the molecule is Cn1c(CC(=O)Nc2ccccc2)nnc1SCC(=O)Nc1cccc(C(F)(F)F)c1. The van der Waals surface area contributed by atoms with Gasteiger partial charge >= 0.3 is 6.18 Å². The lowest BCUT2D eigenvalue weighted by molar-refractivity contribution is -0.137. The molecule has 0 unspecified atom stereocenters. The Balaban J connectivity index is 1.54. The number of aromatic nitrogens is 3. The second-order valence-corrected chi connectivity index (χ2v) is 7.41. The van der Waals surface area contributed by atoms with Crippen molar-refractivity contribution in [2.75, 3.05) is 16.4 Å². The summed E-state index contributed by atoms with van der Waals surface area (Å²) < 4.78 is 39.9. The van der Waals surface area contributed by atoms with Crippen molar-refractivity contribution in [3.8, 4) is 0 Å². The second-order valence-electron chi connectivity index (χ2n) is 6.46. The average molecular weight is 449 g/mol. The van der Waals surface area contributed by atoms with Crippen LogP contribution in [0.5, 0.6) is 0 Å². The molecule has 0 aliphatic rings. The van der Waals surface area contributed by atoms with Gasteiger partial charge in [-0.05, 0) is 30.3 Å². The summed E-state index contributed by atoms with van der Waals surface area (Å²) in [6.45, 7) is 0. The third-order valence-electron chi connectivity index (χ3n) is 4.11. The molecule has 1 aromatic heterocycles. The van der Waals surface area contributed by atoms with Crippen LogP contribution in [-0.4, -0.2) is 32.3 Å². The first kappa shape index (κ1) is 22.3. The number of nitrogens with one attached hydrogen (secondary N) is 2. The van der Waals surface area contributed by atoms with E-state index in [0.29, 0.717) is 16.7 Å². The highest BCUT2D eigenvalue weighted by Gasteiger charge is 2.30. The third-order valence-corrected chi connectivity index (χ3v) is 5.13. The van der Waals surface area contributed by atoms with Gasteiger partial charge in [0, 0.05) is 18.4 Å². The lowest BCUT2D eigenvalue weighted by Gasteiger charge is -2.09. The van der Waals surface area contributed by atoms with E-state index in [4.69, 9.17) is 0 Å². The zero-order valence-corrected chi connectivity index (χ0v) is 17.1. The molecular formula is C20H18F3N5O2S. The van der Waals surface area contributed by atoms with Crippen molar-refractivity contribution < 1.29 is 22.8 Å². The molecule has 1 heterocycles. The summed E-state index contributed by atoms with van der Waals surface area (Å²) in [5.41, 5.74) is -0.128. The molecule has 3 rings (SSSR count). The Morgan fingerprint density at radius 1 is 0.968 bits per heavy atom. The fraction of sp³-hybridized carbons (Fsp3) is 0.200. The van der Waals surface area contributed by atoms with Crippen LogP contribution in [0.4, 0.5) is 24.5 Å². The maximum absolute atomic E-state index is 12.8. The summed E-state index contributed by atoms with van der Waals surface area (Å²) in [4.78, 5) is 24.3. The van der Waals surface area contributed by atoms with E-state index in [2.05, 4.69) is 20.8 Å². The molecule has 7 nitrogen and oxygen atoms in total. The molecule has 11 heteroatoms. The predicted molar refractivity (Wildman–Crippen MR) is 111 cm³/mol. The van der Waals surface area contributed by atoms with Crippen molar-refractivity contribution in [1.29, 1.82) is 0 Å². The molecule has 0 saturated carbocycles. The number of carbonyl (C=O) groups excluding carboxylic acids is 2. The van der Waals surface area contributed by atoms with Gasteiger partial charge < -0.3 is 15.2 Å². The summed E-state index contributed by atoms with van der Waals surface area (Å²) >= 11 is 1.06. The van der Waals surface area contributed by atoms with Crippen molar-refractivity contribution in [2.45, 2.75) is 17.8 Å². The molecule has 2 N–H and O–H groups in total. The third kappa shape index (κ3) is 6.32. The first-order valence-electron chi connectivity index (χ1n) is 9.05. The Morgan fingerprint density at radius 2 is 1.65 bits per heavy atom. The van der Waals surface area contributed by atoms with E-state index < -0.39 is 17.6 Å². The van der Waals surface area contributed by atoms with Gasteiger partial charge in [0.15, 0.2) is 5.16 Å². The minimum Gasteiger partial charge on any atom is -0.326 e. The van der Waals surface area contributed by atoms with Crippen LogP contribution in [0.25, 0.3) is 0 Å². The maximum atomic E-state index is 12.8.